The molecule has 0 fully saturated rings. The number of phenols is 1. The van der Waals surface area contributed by atoms with E-state index < -0.39 is 21.5 Å². The molecule has 1 amide bonds. The first-order chi connectivity index (χ1) is 17.4. The van der Waals surface area contributed by atoms with Gasteiger partial charge < -0.3 is 19.5 Å². The van der Waals surface area contributed by atoms with Gasteiger partial charge in [-0.3, -0.25) is 30.2 Å². The number of benzene rings is 2. The topological polar surface area (TPSA) is 170 Å². The minimum absolute atomic E-state index is 0.109. The highest BCUT2D eigenvalue weighted by molar-refractivity contribution is 5.87. The van der Waals surface area contributed by atoms with E-state index in [0.717, 1.165) is 16.7 Å². The second-order valence-corrected chi connectivity index (χ2v) is 9.26. The van der Waals surface area contributed by atoms with E-state index in [-0.39, 0.29) is 36.0 Å². The van der Waals surface area contributed by atoms with E-state index in [4.69, 9.17) is 9.47 Å². The molecule has 0 saturated heterocycles. The molecule has 13 nitrogen and oxygen atoms in total. The van der Waals surface area contributed by atoms with Crippen molar-refractivity contribution in [2.24, 2.45) is 9.98 Å². The summed E-state index contributed by atoms with van der Waals surface area (Å²) in [5.74, 6) is -0.115. The predicted octanol–water partition coefficient (Wildman–Crippen LogP) is 4.01. The number of phenolic OH excluding ortho intramolecular Hbond substituents is 1. The van der Waals surface area contributed by atoms with E-state index in [9.17, 15) is 30.1 Å². The Kier molecular flexibility index (Phi) is 8.05. The van der Waals surface area contributed by atoms with Gasteiger partial charge in [0.05, 0.1) is 29.5 Å². The van der Waals surface area contributed by atoms with Gasteiger partial charge in [-0.25, -0.2) is 4.79 Å². The third-order valence-electron chi connectivity index (χ3n) is 5.22. The molecule has 196 valence electrons. The van der Waals surface area contributed by atoms with Gasteiger partial charge in [0.25, 0.3) is 0 Å². The van der Waals surface area contributed by atoms with Gasteiger partial charge in [-0.05, 0) is 44.0 Å². The van der Waals surface area contributed by atoms with Crippen LogP contribution in [0, 0.1) is 20.2 Å². The van der Waals surface area contributed by atoms with Crippen LogP contribution in [0.3, 0.4) is 0 Å². The van der Waals surface area contributed by atoms with Crippen molar-refractivity contribution in [1.82, 2.24) is 4.90 Å². The van der Waals surface area contributed by atoms with Gasteiger partial charge in [-0.1, -0.05) is 0 Å². The Morgan fingerprint density at radius 1 is 1.00 bits per heavy atom. The van der Waals surface area contributed by atoms with Crippen LogP contribution in [0.4, 0.5) is 16.2 Å². The van der Waals surface area contributed by atoms with Crippen molar-refractivity contribution in [3.05, 3.63) is 66.7 Å². The number of ether oxygens (including phenoxy) is 2. The van der Waals surface area contributed by atoms with Crippen LogP contribution in [0.1, 0.15) is 43.0 Å². The van der Waals surface area contributed by atoms with Gasteiger partial charge in [0.1, 0.15) is 12.2 Å². The van der Waals surface area contributed by atoms with E-state index in [2.05, 4.69) is 9.98 Å². The maximum Gasteiger partial charge on any atom is 0.410 e. The lowest BCUT2D eigenvalue weighted by Gasteiger charge is -2.24. The second kappa shape index (κ2) is 11.0. The molecule has 4 rings (SSSR count). The minimum atomic E-state index is -0.609. The van der Waals surface area contributed by atoms with Crippen molar-refractivity contribution in [3.8, 4) is 11.5 Å². The summed E-state index contributed by atoms with van der Waals surface area (Å²) in [6.45, 7) is 6.69. The molecular weight excluding hydrogens is 486 g/mol. The summed E-state index contributed by atoms with van der Waals surface area (Å²) in [6.07, 6.45) is 2.72. The fourth-order valence-electron chi connectivity index (χ4n) is 3.39. The molecule has 0 bridgehead atoms. The minimum Gasteiger partial charge on any atom is -0.502 e. The number of rotatable bonds is 6. The number of aliphatic imine (C=N–C) groups is 2. The van der Waals surface area contributed by atoms with Gasteiger partial charge in [0.2, 0.25) is 0 Å². The van der Waals surface area contributed by atoms with Crippen LogP contribution in [-0.4, -0.2) is 64.2 Å². The van der Waals surface area contributed by atoms with Crippen LogP contribution in [0.5, 0.6) is 11.5 Å². The Balaban J connectivity index is 0.000000244. The Morgan fingerprint density at radius 3 is 2.08 bits per heavy atom. The van der Waals surface area contributed by atoms with Crippen molar-refractivity contribution >= 4 is 29.9 Å². The maximum absolute atomic E-state index is 11.9. The molecule has 2 aromatic rings. The number of amides is 1. The van der Waals surface area contributed by atoms with E-state index in [1.54, 1.807) is 46.3 Å². The lowest BCUT2D eigenvalue weighted by molar-refractivity contribution is -0.386. The number of nitrogens with zero attached hydrogens (tertiary/aromatic N) is 5. The van der Waals surface area contributed by atoms with Crippen molar-refractivity contribution in [2.75, 3.05) is 20.2 Å². The molecule has 0 aromatic heterocycles. The maximum atomic E-state index is 11.9. The number of aromatic hydroxyl groups is 1. The summed E-state index contributed by atoms with van der Waals surface area (Å²) in [5.41, 5.74) is 2.20. The standard InChI is InChI=1S/C16H21N3O5.C8H6N2O3/c1-16(2,3)24-15(20)18(4)5-6-23-14-8-12-10-17-9-11(12)7-13(14)19(21)22;11-8-2-6-4-9-3-5(6)1-7(8)10(12)13/h7-9H,5-6,10H2,1-4H3;1-3,11H,4H2. The lowest BCUT2D eigenvalue weighted by Crippen LogP contribution is -2.36. The van der Waals surface area contributed by atoms with Gasteiger partial charge in [-0.15, -0.1) is 0 Å². The van der Waals surface area contributed by atoms with E-state index in [1.165, 1.54) is 23.1 Å². The van der Waals surface area contributed by atoms with Crippen molar-refractivity contribution in [3.63, 3.8) is 0 Å². The number of likely N-dealkylation sites (N-methyl/N-ethyl adjacent to an activating group) is 1. The van der Waals surface area contributed by atoms with Gasteiger partial charge in [0, 0.05) is 42.7 Å². The van der Waals surface area contributed by atoms with Gasteiger partial charge in [0.15, 0.2) is 11.5 Å². The molecule has 2 heterocycles. The third-order valence-corrected chi connectivity index (χ3v) is 5.22. The number of fused-ring (bicyclic) bond motifs is 2. The lowest BCUT2D eigenvalue weighted by atomic mass is 10.1. The van der Waals surface area contributed by atoms with Crippen LogP contribution in [0.2, 0.25) is 0 Å². The summed E-state index contributed by atoms with van der Waals surface area (Å²) in [5, 5.41) is 30.9. The number of hydrogen-bond donors (Lipinski definition) is 1. The Morgan fingerprint density at radius 2 is 1.54 bits per heavy atom. The Hall–Kier alpha value is -4.55. The molecule has 1 N–H and O–H groups in total. The number of nitro benzene ring substituents is 2. The molecule has 37 heavy (non-hydrogen) atoms. The van der Waals surface area contributed by atoms with Crippen LogP contribution >= 0.6 is 0 Å². The third kappa shape index (κ3) is 6.99. The van der Waals surface area contributed by atoms with Gasteiger partial charge in [-0.2, -0.15) is 0 Å². The first-order valence-electron chi connectivity index (χ1n) is 11.2. The highest BCUT2D eigenvalue weighted by Crippen LogP contribution is 2.32. The van der Waals surface area contributed by atoms with Crippen LogP contribution in [-0.2, 0) is 17.8 Å². The molecule has 0 saturated carbocycles. The average molecular weight is 514 g/mol. The molecule has 0 unspecified atom stereocenters. The Labute approximate surface area is 212 Å². The average Bonchev–Trinajstić information content (AvgIpc) is 3.45. The van der Waals surface area contributed by atoms with Crippen molar-refractivity contribution < 1.29 is 29.2 Å². The van der Waals surface area contributed by atoms with Crippen LogP contribution in [0.15, 0.2) is 34.3 Å². The highest BCUT2D eigenvalue weighted by atomic mass is 16.6. The molecule has 0 radical (unpaired) electrons. The molecule has 0 aliphatic carbocycles. The van der Waals surface area contributed by atoms with Crippen molar-refractivity contribution in [2.45, 2.75) is 39.5 Å². The first kappa shape index (κ1) is 27.0. The summed E-state index contributed by atoms with van der Waals surface area (Å²) >= 11 is 0. The SMILES string of the molecule is CN(CCOc1cc2c(cc1[N+](=O)[O-])C=NC2)C(=O)OC(C)(C)C.O=[N+]([O-])c1cc2c(cc1O)CN=C2. The number of hydrogen-bond acceptors (Lipinski definition) is 10. The zero-order valence-electron chi connectivity index (χ0n) is 20.8. The molecular formula is C24H27N5O8. The monoisotopic (exact) mass is 513 g/mol. The molecule has 2 aromatic carbocycles. The van der Waals surface area contributed by atoms with Gasteiger partial charge >= 0.3 is 17.5 Å². The fraction of sp³-hybridized carbons (Fsp3) is 0.375. The molecule has 2 aliphatic heterocycles. The zero-order chi connectivity index (χ0) is 27.3. The molecule has 0 atom stereocenters. The zero-order valence-corrected chi connectivity index (χ0v) is 20.8. The van der Waals surface area contributed by atoms with E-state index in [0.29, 0.717) is 18.7 Å². The summed E-state index contributed by atoms with van der Waals surface area (Å²) in [6, 6.07) is 5.81. The summed E-state index contributed by atoms with van der Waals surface area (Å²) in [4.78, 5) is 41.7. The Bertz CT molecular complexity index is 1280. The van der Waals surface area contributed by atoms with Crippen LogP contribution in [0.25, 0.3) is 0 Å². The predicted molar refractivity (Wildman–Crippen MR) is 135 cm³/mol. The smallest absolute Gasteiger partial charge is 0.410 e. The van der Waals surface area contributed by atoms with Crippen molar-refractivity contribution in [1.29, 1.82) is 0 Å². The molecule has 13 heteroatoms. The quantitative estimate of drug-likeness (QED) is 0.446. The largest absolute Gasteiger partial charge is 0.502 e. The molecule has 0 spiro atoms. The summed E-state index contributed by atoms with van der Waals surface area (Å²) < 4.78 is 10.8. The first-order valence-corrected chi connectivity index (χ1v) is 11.2. The van der Waals surface area contributed by atoms with E-state index >= 15 is 0 Å². The fourth-order valence-corrected chi connectivity index (χ4v) is 3.39. The van der Waals surface area contributed by atoms with E-state index in [1.807, 2.05) is 0 Å². The highest BCUT2D eigenvalue weighted by Gasteiger charge is 2.22. The number of nitro groups is 2. The van der Waals surface area contributed by atoms with Crippen LogP contribution < -0.4 is 4.74 Å². The second-order valence-electron chi connectivity index (χ2n) is 9.26. The normalized spacial score (nSPS) is 12.8. The number of carbonyl (C=O) groups is 1. The molecule has 2 aliphatic rings. The summed E-state index contributed by atoms with van der Waals surface area (Å²) in [7, 11) is 1.59. The number of carbonyl (C=O) groups excluding carboxylic acids is 1.